The van der Waals surface area contributed by atoms with Gasteiger partial charge in [0.05, 0.1) is 17.4 Å². The van der Waals surface area contributed by atoms with Gasteiger partial charge in [-0.1, -0.05) is 16.8 Å². The molecule has 0 N–H and O–H groups in total. The molecule has 0 spiro atoms. The molecule has 0 saturated heterocycles. The van der Waals surface area contributed by atoms with E-state index in [9.17, 15) is 4.39 Å². The molecule has 6 heteroatoms. The summed E-state index contributed by atoms with van der Waals surface area (Å²) in [6, 6.07) is 7.65. The van der Waals surface area contributed by atoms with E-state index in [1.807, 2.05) is 0 Å². The average Bonchev–Trinajstić information content (AvgIpc) is 2.73. The summed E-state index contributed by atoms with van der Waals surface area (Å²) in [7, 11) is 0. The zero-order valence-corrected chi connectivity index (χ0v) is 9.26. The number of benzene rings is 1. The number of halogens is 2. The molecule has 0 atom stereocenters. The molecule has 0 aliphatic heterocycles. The minimum Gasteiger partial charge on any atom is -0.242 e. The maximum Gasteiger partial charge on any atom is 0.132 e. The van der Waals surface area contributed by atoms with Gasteiger partial charge in [0.2, 0.25) is 0 Å². The summed E-state index contributed by atoms with van der Waals surface area (Å²) >= 11 is 5.82. The van der Waals surface area contributed by atoms with Crippen LogP contribution in [0, 0.1) is 5.82 Å². The van der Waals surface area contributed by atoms with Crippen LogP contribution in [0.3, 0.4) is 0 Å². The first-order valence-electron chi connectivity index (χ1n) is 4.87. The summed E-state index contributed by atoms with van der Waals surface area (Å²) in [5, 5.41) is 8.30. The van der Waals surface area contributed by atoms with Crippen LogP contribution in [0.25, 0.3) is 16.7 Å². The monoisotopic (exact) mass is 248 g/mol. The van der Waals surface area contributed by atoms with Crippen LogP contribution in [0.15, 0.2) is 36.5 Å². The molecule has 0 saturated carbocycles. The second-order valence-corrected chi connectivity index (χ2v) is 3.86. The average molecular weight is 249 g/mol. The Morgan fingerprint density at radius 3 is 2.71 bits per heavy atom. The molecule has 0 amide bonds. The molecule has 0 radical (unpaired) electrons. The molecule has 0 bridgehead atoms. The fourth-order valence-corrected chi connectivity index (χ4v) is 1.73. The summed E-state index contributed by atoms with van der Waals surface area (Å²) in [6.45, 7) is 0. The zero-order valence-electron chi connectivity index (χ0n) is 8.51. The largest absolute Gasteiger partial charge is 0.242 e. The van der Waals surface area contributed by atoms with Crippen molar-refractivity contribution >= 4 is 22.6 Å². The number of nitrogens with zero attached hydrogens (tertiary/aromatic N) is 4. The predicted octanol–water partition coefficient (Wildman–Crippen LogP) is 2.61. The van der Waals surface area contributed by atoms with Crippen molar-refractivity contribution in [3.05, 3.63) is 47.5 Å². The van der Waals surface area contributed by atoms with E-state index >= 15 is 0 Å². The van der Waals surface area contributed by atoms with Gasteiger partial charge in [0.25, 0.3) is 0 Å². The fraction of sp³-hybridized carbons (Fsp3) is 0. The number of rotatable bonds is 1. The fourth-order valence-electron chi connectivity index (χ4n) is 1.57. The first-order valence-corrected chi connectivity index (χ1v) is 5.25. The third-order valence-electron chi connectivity index (χ3n) is 2.37. The summed E-state index contributed by atoms with van der Waals surface area (Å²) in [5.74, 6) is -0.294. The zero-order chi connectivity index (χ0) is 11.8. The second kappa shape index (κ2) is 3.78. The van der Waals surface area contributed by atoms with Gasteiger partial charge >= 0.3 is 0 Å². The molecule has 84 valence electrons. The summed E-state index contributed by atoms with van der Waals surface area (Å²) in [4.78, 5) is 3.92. The number of pyridine rings is 1. The van der Waals surface area contributed by atoms with E-state index in [-0.39, 0.29) is 5.82 Å². The molecule has 4 nitrogen and oxygen atoms in total. The lowest BCUT2D eigenvalue weighted by atomic mass is 10.3. The number of aromatic nitrogens is 4. The Morgan fingerprint density at radius 2 is 1.94 bits per heavy atom. The minimum absolute atomic E-state index is 0.294. The smallest absolute Gasteiger partial charge is 0.132 e. The van der Waals surface area contributed by atoms with E-state index in [2.05, 4.69) is 15.3 Å². The van der Waals surface area contributed by atoms with Gasteiger partial charge in [-0.25, -0.2) is 14.1 Å². The Kier molecular flexibility index (Phi) is 2.26. The third-order valence-corrected chi connectivity index (χ3v) is 2.58. The van der Waals surface area contributed by atoms with Gasteiger partial charge < -0.3 is 0 Å². The van der Waals surface area contributed by atoms with E-state index in [1.165, 1.54) is 12.1 Å². The summed E-state index contributed by atoms with van der Waals surface area (Å²) < 4.78 is 14.4. The van der Waals surface area contributed by atoms with Crippen LogP contribution in [0.4, 0.5) is 4.39 Å². The summed E-state index contributed by atoms with van der Waals surface area (Å²) in [5.41, 5.74) is 2.09. The van der Waals surface area contributed by atoms with Gasteiger partial charge in [-0.15, -0.1) is 5.10 Å². The first-order chi connectivity index (χ1) is 8.24. The standard InChI is InChI=1S/C11H6ClFN4/c12-11-5-10-9(6-14-11)15-16-17(10)8-3-1-7(13)2-4-8/h1-6H. The highest BCUT2D eigenvalue weighted by Crippen LogP contribution is 2.18. The molecule has 0 aliphatic rings. The third kappa shape index (κ3) is 1.74. The Morgan fingerprint density at radius 1 is 1.18 bits per heavy atom. The quantitative estimate of drug-likeness (QED) is 0.622. The molecule has 0 unspecified atom stereocenters. The van der Waals surface area contributed by atoms with Crippen molar-refractivity contribution in [2.45, 2.75) is 0 Å². The van der Waals surface area contributed by atoms with Gasteiger partial charge in [-0.05, 0) is 24.3 Å². The molecule has 2 heterocycles. The van der Waals surface area contributed by atoms with Crippen LogP contribution in [0.2, 0.25) is 5.15 Å². The topological polar surface area (TPSA) is 43.6 Å². The molecule has 17 heavy (non-hydrogen) atoms. The lowest BCUT2D eigenvalue weighted by molar-refractivity contribution is 0.627. The SMILES string of the molecule is Fc1ccc(-n2nnc3cnc(Cl)cc32)cc1. The van der Waals surface area contributed by atoms with Crippen molar-refractivity contribution in [3.8, 4) is 5.69 Å². The lowest BCUT2D eigenvalue weighted by Crippen LogP contribution is -1.96. The molecule has 3 rings (SSSR count). The van der Waals surface area contributed by atoms with Crippen LogP contribution >= 0.6 is 11.6 Å². The lowest BCUT2D eigenvalue weighted by Gasteiger charge is -2.01. The highest BCUT2D eigenvalue weighted by atomic mass is 35.5. The van der Waals surface area contributed by atoms with Gasteiger partial charge in [-0.3, -0.25) is 0 Å². The Hall–Kier alpha value is -2.01. The molecular weight excluding hydrogens is 243 g/mol. The van der Waals surface area contributed by atoms with Crippen LogP contribution in [-0.2, 0) is 0 Å². The number of fused-ring (bicyclic) bond motifs is 1. The highest BCUT2D eigenvalue weighted by Gasteiger charge is 2.07. The Labute approximate surface area is 101 Å². The Balaban J connectivity index is 2.23. The van der Waals surface area contributed by atoms with Gasteiger partial charge in [0.15, 0.2) is 0 Å². The van der Waals surface area contributed by atoms with Crippen LogP contribution in [-0.4, -0.2) is 20.0 Å². The van der Waals surface area contributed by atoms with Crippen LogP contribution in [0.1, 0.15) is 0 Å². The molecular formula is C11H6ClFN4. The van der Waals surface area contributed by atoms with Gasteiger partial charge in [0, 0.05) is 6.07 Å². The normalized spacial score (nSPS) is 10.9. The maximum atomic E-state index is 12.8. The van der Waals surface area contributed by atoms with Crippen molar-refractivity contribution in [1.29, 1.82) is 0 Å². The van der Waals surface area contributed by atoms with Crippen molar-refractivity contribution < 1.29 is 4.39 Å². The number of hydrogen-bond acceptors (Lipinski definition) is 3. The molecule has 0 aliphatic carbocycles. The van der Waals surface area contributed by atoms with Crippen LogP contribution < -0.4 is 0 Å². The highest BCUT2D eigenvalue weighted by molar-refractivity contribution is 6.29. The van der Waals surface area contributed by atoms with Crippen molar-refractivity contribution in [3.63, 3.8) is 0 Å². The van der Waals surface area contributed by atoms with Crippen molar-refractivity contribution in [2.24, 2.45) is 0 Å². The van der Waals surface area contributed by atoms with E-state index in [4.69, 9.17) is 11.6 Å². The van der Waals surface area contributed by atoms with E-state index < -0.39 is 0 Å². The van der Waals surface area contributed by atoms with Crippen LogP contribution in [0.5, 0.6) is 0 Å². The van der Waals surface area contributed by atoms with E-state index in [0.717, 1.165) is 11.2 Å². The van der Waals surface area contributed by atoms with Crippen molar-refractivity contribution in [1.82, 2.24) is 20.0 Å². The molecule has 0 fully saturated rings. The maximum absolute atomic E-state index is 12.8. The number of hydrogen-bond donors (Lipinski definition) is 0. The van der Waals surface area contributed by atoms with E-state index in [1.54, 1.807) is 29.1 Å². The second-order valence-electron chi connectivity index (χ2n) is 3.47. The molecule has 1 aromatic carbocycles. The molecule has 3 aromatic rings. The van der Waals surface area contributed by atoms with Gasteiger partial charge in [-0.2, -0.15) is 0 Å². The Bertz CT molecular complexity index is 678. The first kappa shape index (κ1) is 10.2. The van der Waals surface area contributed by atoms with E-state index in [0.29, 0.717) is 10.7 Å². The van der Waals surface area contributed by atoms with Gasteiger partial charge in [0.1, 0.15) is 16.5 Å². The predicted molar refractivity (Wildman–Crippen MR) is 61.6 cm³/mol. The van der Waals surface area contributed by atoms with Crippen molar-refractivity contribution in [2.75, 3.05) is 0 Å². The minimum atomic E-state index is -0.294. The molecule has 2 aromatic heterocycles. The summed E-state index contributed by atoms with van der Waals surface area (Å²) in [6.07, 6.45) is 1.55.